The molecule has 0 heterocycles. The van der Waals surface area contributed by atoms with Gasteiger partial charge in [-0.05, 0) is 37.0 Å². The van der Waals surface area contributed by atoms with Gasteiger partial charge < -0.3 is 25.3 Å². The van der Waals surface area contributed by atoms with Crippen molar-refractivity contribution in [3.8, 4) is 0 Å². The largest absolute Gasteiger partial charge is 0.465 e. The van der Waals surface area contributed by atoms with E-state index in [4.69, 9.17) is 15.2 Å². The minimum absolute atomic E-state index is 0.0168. The minimum atomic E-state index is -0.857. The molecule has 0 aliphatic heterocycles. The van der Waals surface area contributed by atoms with E-state index in [2.05, 4.69) is 23.9 Å². The van der Waals surface area contributed by atoms with E-state index < -0.39 is 36.0 Å². The first-order valence-corrected chi connectivity index (χ1v) is 11.7. The number of rotatable bonds is 13. The van der Waals surface area contributed by atoms with Gasteiger partial charge in [0.1, 0.15) is 12.6 Å². The topological polar surface area (TPSA) is 117 Å². The number of carbonyl (C=O) groups excluding carboxylic acids is 3. The monoisotopic (exact) mass is 466 g/mol. The van der Waals surface area contributed by atoms with E-state index in [-0.39, 0.29) is 6.61 Å². The highest BCUT2D eigenvalue weighted by Crippen LogP contribution is 2.19. The first kappa shape index (κ1) is 30.6. The zero-order valence-electron chi connectivity index (χ0n) is 21.2. The summed E-state index contributed by atoms with van der Waals surface area (Å²) in [5.41, 5.74) is 7.34. The third kappa shape index (κ3) is 10.8. The Balaban J connectivity index is 0.00000497. The van der Waals surface area contributed by atoms with Crippen LogP contribution in [0.5, 0.6) is 0 Å². The van der Waals surface area contributed by atoms with Crippen molar-refractivity contribution in [2.75, 3.05) is 14.2 Å². The molecule has 188 valence electrons. The SMILES string of the molecule is CC.CCCC(CC)CC(N)C(OC)C(=O)NC(C)C(=O)OCc1ccc(C(=O)OC)cc1. The van der Waals surface area contributed by atoms with E-state index in [1.807, 2.05) is 13.8 Å². The maximum Gasteiger partial charge on any atom is 0.337 e. The predicted molar refractivity (Wildman–Crippen MR) is 129 cm³/mol. The van der Waals surface area contributed by atoms with Gasteiger partial charge in [0.25, 0.3) is 5.91 Å². The number of nitrogens with two attached hydrogens (primary N) is 1. The summed E-state index contributed by atoms with van der Waals surface area (Å²) in [5.74, 6) is -1.02. The van der Waals surface area contributed by atoms with Crippen LogP contribution in [-0.2, 0) is 30.4 Å². The van der Waals surface area contributed by atoms with Crippen LogP contribution < -0.4 is 11.1 Å². The van der Waals surface area contributed by atoms with Crippen molar-refractivity contribution in [1.29, 1.82) is 0 Å². The molecule has 0 spiro atoms. The summed E-state index contributed by atoms with van der Waals surface area (Å²) < 4.78 is 15.2. The first-order valence-electron chi connectivity index (χ1n) is 11.7. The lowest BCUT2D eigenvalue weighted by atomic mass is 9.91. The van der Waals surface area contributed by atoms with Crippen molar-refractivity contribution >= 4 is 17.8 Å². The highest BCUT2D eigenvalue weighted by Gasteiger charge is 2.29. The fraction of sp³-hybridized carbons (Fsp3) is 0.640. The second-order valence-corrected chi connectivity index (χ2v) is 7.65. The number of carbonyl (C=O) groups is 3. The number of methoxy groups -OCH3 is 2. The van der Waals surface area contributed by atoms with Gasteiger partial charge in [0.05, 0.1) is 12.7 Å². The zero-order valence-corrected chi connectivity index (χ0v) is 21.2. The van der Waals surface area contributed by atoms with Gasteiger partial charge in [-0.1, -0.05) is 59.1 Å². The fourth-order valence-electron chi connectivity index (χ4n) is 3.37. The van der Waals surface area contributed by atoms with Crippen molar-refractivity contribution in [1.82, 2.24) is 5.32 Å². The lowest BCUT2D eigenvalue weighted by molar-refractivity contribution is -0.150. The van der Waals surface area contributed by atoms with Crippen LogP contribution in [-0.4, -0.2) is 50.3 Å². The molecule has 3 N–H and O–H groups in total. The second kappa shape index (κ2) is 17.1. The van der Waals surface area contributed by atoms with Gasteiger partial charge in [-0.25, -0.2) is 9.59 Å². The Morgan fingerprint density at radius 2 is 1.67 bits per heavy atom. The molecule has 1 amide bonds. The fourth-order valence-corrected chi connectivity index (χ4v) is 3.37. The molecule has 0 aliphatic rings. The van der Waals surface area contributed by atoms with Crippen LogP contribution in [0.4, 0.5) is 0 Å². The third-order valence-corrected chi connectivity index (χ3v) is 5.25. The summed E-state index contributed by atoms with van der Waals surface area (Å²) in [5, 5.41) is 2.62. The van der Waals surface area contributed by atoms with E-state index in [9.17, 15) is 14.4 Å². The Morgan fingerprint density at radius 1 is 1.06 bits per heavy atom. The normalized spacial score (nSPS) is 14.1. The van der Waals surface area contributed by atoms with Gasteiger partial charge in [0.2, 0.25) is 0 Å². The summed E-state index contributed by atoms with van der Waals surface area (Å²) in [6.07, 6.45) is 2.93. The smallest absolute Gasteiger partial charge is 0.337 e. The van der Waals surface area contributed by atoms with Crippen molar-refractivity contribution < 1.29 is 28.6 Å². The Bertz CT molecular complexity index is 707. The van der Waals surface area contributed by atoms with Crippen LogP contribution in [0.3, 0.4) is 0 Å². The molecule has 0 bridgehead atoms. The lowest BCUT2D eigenvalue weighted by Gasteiger charge is -2.26. The maximum absolute atomic E-state index is 12.6. The van der Waals surface area contributed by atoms with Gasteiger partial charge >= 0.3 is 11.9 Å². The van der Waals surface area contributed by atoms with E-state index in [1.165, 1.54) is 14.2 Å². The zero-order chi connectivity index (χ0) is 25.4. The second-order valence-electron chi connectivity index (χ2n) is 7.65. The van der Waals surface area contributed by atoms with E-state index >= 15 is 0 Å². The molecule has 1 aromatic rings. The van der Waals surface area contributed by atoms with Crippen molar-refractivity contribution in [3.63, 3.8) is 0 Å². The van der Waals surface area contributed by atoms with Crippen LogP contribution in [0.2, 0.25) is 0 Å². The number of amides is 1. The van der Waals surface area contributed by atoms with Gasteiger partial charge in [0, 0.05) is 13.2 Å². The standard InChI is InChI=1S/C23H36N2O6.C2H6/c1-6-8-16(7-2)13-19(24)20(29-4)21(26)25-15(3)22(27)31-14-17-9-11-18(12-10-17)23(28)30-5;1-2/h9-12,15-16,19-20H,6-8,13-14,24H2,1-5H3,(H,25,26);1-2H3. The Hall–Kier alpha value is -2.45. The first-order chi connectivity index (χ1) is 15.8. The van der Waals surface area contributed by atoms with Crippen molar-refractivity contribution in [2.24, 2.45) is 11.7 Å². The summed E-state index contributed by atoms with van der Waals surface area (Å²) in [6.45, 7) is 9.79. The highest BCUT2D eigenvalue weighted by molar-refractivity contribution is 5.89. The van der Waals surface area contributed by atoms with Crippen molar-refractivity contribution in [3.05, 3.63) is 35.4 Å². The molecule has 0 aliphatic carbocycles. The molecule has 0 radical (unpaired) electrons. The number of hydrogen-bond acceptors (Lipinski definition) is 7. The number of nitrogens with one attached hydrogen (secondary N) is 1. The Labute approximate surface area is 198 Å². The molecule has 1 rings (SSSR count). The van der Waals surface area contributed by atoms with Crippen LogP contribution >= 0.6 is 0 Å². The summed E-state index contributed by atoms with van der Waals surface area (Å²) in [4.78, 5) is 36.3. The van der Waals surface area contributed by atoms with Gasteiger partial charge in [0.15, 0.2) is 6.10 Å². The maximum atomic E-state index is 12.6. The Kier molecular flexibility index (Phi) is 15.8. The van der Waals surface area contributed by atoms with E-state index in [1.54, 1.807) is 31.2 Å². The van der Waals surface area contributed by atoms with Gasteiger partial charge in [-0.2, -0.15) is 0 Å². The molecule has 0 fully saturated rings. The molecule has 0 aromatic heterocycles. The minimum Gasteiger partial charge on any atom is -0.465 e. The molecule has 0 saturated carbocycles. The van der Waals surface area contributed by atoms with Crippen LogP contribution in [0.1, 0.15) is 76.2 Å². The van der Waals surface area contributed by atoms with E-state index in [0.29, 0.717) is 23.5 Å². The average Bonchev–Trinajstić information content (AvgIpc) is 2.83. The number of esters is 2. The van der Waals surface area contributed by atoms with Crippen LogP contribution in [0, 0.1) is 5.92 Å². The highest BCUT2D eigenvalue weighted by atomic mass is 16.5. The molecule has 0 saturated heterocycles. The molecule has 8 heteroatoms. The Morgan fingerprint density at radius 3 is 2.15 bits per heavy atom. The predicted octanol–water partition coefficient (Wildman–Crippen LogP) is 3.61. The van der Waals surface area contributed by atoms with Gasteiger partial charge in [-0.3, -0.25) is 4.79 Å². The molecular weight excluding hydrogens is 424 g/mol. The summed E-state index contributed by atoms with van der Waals surface area (Å²) in [6, 6.07) is 5.20. The summed E-state index contributed by atoms with van der Waals surface area (Å²) >= 11 is 0. The number of ether oxygens (including phenoxy) is 3. The van der Waals surface area contributed by atoms with Crippen LogP contribution in [0.15, 0.2) is 24.3 Å². The molecule has 1 aromatic carbocycles. The number of benzene rings is 1. The summed E-state index contributed by atoms with van der Waals surface area (Å²) in [7, 11) is 2.74. The molecule has 4 unspecified atom stereocenters. The van der Waals surface area contributed by atoms with Gasteiger partial charge in [-0.15, -0.1) is 0 Å². The van der Waals surface area contributed by atoms with Crippen LogP contribution in [0.25, 0.3) is 0 Å². The molecule has 4 atom stereocenters. The lowest BCUT2D eigenvalue weighted by Crippen LogP contribution is -2.52. The quantitative estimate of drug-likeness (QED) is 0.427. The molecule has 33 heavy (non-hydrogen) atoms. The molecular formula is C25H42N2O6. The third-order valence-electron chi connectivity index (χ3n) is 5.25. The number of hydrogen-bond donors (Lipinski definition) is 2. The van der Waals surface area contributed by atoms with E-state index in [0.717, 1.165) is 19.3 Å². The average molecular weight is 467 g/mol. The molecule has 8 nitrogen and oxygen atoms in total. The van der Waals surface area contributed by atoms with Crippen molar-refractivity contribution in [2.45, 2.75) is 85.1 Å².